The molecule has 0 fully saturated rings. The minimum Gasteiger partial charge on any atom is -0.383 e. The van der Waals surface area contributed by atoms with E-state index in [2.05, 4.69) is 10.5 Å². The number of hydrogen-bond donors (Lipinski definition) is 1. The first-order chi connectivity index (χ1) is 11.9. The highest BCUT2D eigenvalue weighted by atomic mass is 35.5. The van der Waals surface area contributed by atoms with Crippen LogP contribution in [0.25, 0.3) is 0 Å². The smallest absolute Gasteiger partial charge is 0.268 e. The van der Waals surface area contributed by atoms with Crippen molar-refractivity contribution in [1.29, 1.82) is 0 Å². The monoisotopic (exact) mass is 363 g/mol. The van der Waals surface area contributed by atoms with Gasteiger partial charge in [0, 0.05) is 19.8 Å². The van der Waals surface area contributed by atoms with Crippen molar-refractivity contribution in [1.82, 2.24) is 0 Å². The van der Waals surface area contributed by atoms with Crippen LogP contribution in [-0.2, 0) is 9.63 Å². The zero-order valence-corrected chi connectivity index (χ0v) is 14.9. The van der Waals surface area contributed by atoms with Crippen LogP contribution < -0.4 is 10.2 Å². The number of anilines is 2. The number of carbonyl (C=O) groups excluding carboxylic acids is 1. The molecular formula is C18H19ClFN3O2. The predicted octanol–water partition coefficient (Wildman–Crippen LogP) is 3.92. The molecule has 5 nitrogen and oxygen atoms in total. The van der Waals surface area contributed by atoms with E-state index >= 15 is 0 Å². The van der Waals surface area contributed by atoms with Crippen LogP contribution in [0.4, 0.5) is 15.8 Å². The molecule has 2 rings (SSSR count). The molecule has 132 valence electrons. The third-order valence-corrected chi connectivity index (χ3v) is 3.70. The molecule has 1 atom stereocenters. The standard InChI is InChI=1S/C18H19ClFN3O2/c1-12(18(24)22-17-9-6-14(20)10-16(17)19)25-21-11-13-4-7-15(8-5-13)23(2)3/h4-12H,1-3H3,(H,22,24)/b21-11-/t12-/m0/s1. The molecule has 0 aliphatic rings. The number of nitrogens with one attached hydrogen (secondary N) is 1. The fourth-order valence-electron chi connectivity index (χ4n) is 1.91. The zero-order valence-electron chi connectivity index (χ0n) is 14.2. The largest absolute Gasteiger partial charge is 0.383 e. The number of nitrogens with zero attached hydrogens (tertiary/aromatic N) is 2. The molecule has 1 N–H and O–H groups in total. The van der Waals surface area contributed by atoms with E-state index in [4.69, 9.17) is 16.4 Å². The second-order valence-corrected chi connectivity index (χ2v) is 5.99. The lowest BCUT2D eigenvalue weighted by Gasteiger charge is -2.12. The first-order valence-corrected chi connectivity index (χ1v) is 7.97. The molecule has 7 heteroatoms. The maximum atomic E-state index is 13.0. The summed E-state index contributed by atoms with van der Waals surface area (Å²) in [6.45, 7) is 1.55. The van der Waals surface area contributed by atoms with E-state index in [1.54, 1.807) is 6.92 Å². The topological polar surface area (TPSA) is 53.9 Å². The molecule has 0 saturated heterocycles. The maximum absolute atomic E-state index is 13.0. The number of rotatable bonds is 6. The van der Waals surface area contributed by atoms with Gasteiger partial charge >= 0.3 is 0 Å². The second-order valence-electron chi connectivity index (χ2n) is 5.58. The molecule has 0 unspecified atom stereocenters. The van der Waals surface area contributed by atoms with E-state index in [1.165, 1.54) is 18.3 Å². The van der Waals surface area contributed by atoms with Gasteiger partial charge in [0.05, 0.1) is 16.9 Å². The fraction of sp³-hybridized carbons (Fsp3) is 0.222. The molecule has 2 aromatic rings. The Hall–Kier alpha value is -2.60. The minimum atomic E-state index is -0.835. The molecule has 0 radical (unpaired) electrons. The first-order valence-electron chi connectivity index (χ1n) is 7.59. The number of amides is 1. The van der Waals surface area contributed by atoms with Crippen LogP contribution in [0.2, 0.25) is 5.02 Å². The van der Waals surface area contributed by atoms with Crippen LogP contribution >= 0.6 is 11.6 Å². The Morgan fingerprint density at radius 3 is 2.56 bits per heavy atom. The van der Waals surface area contributed by atoms with Gasteiger partial charge in [0.1, 0.15) is 5.82 Å². The third-order valence-electron chi connectivity index (χ3n) is 3.39. The Morgan fingerprint density at radius 2 is 1.96 bits per heavy atom. The highest BCUT2D eigenvalue weighted by Gasteiger charge is 2.15. The van der Waals surface area contributed by atoms with E-state index in [9.17, 15) is 9.18 Å². The van der Waals surface area contributed by atoms with E-state index in [-0.39, 0.29) is 5.02 Å². The van der Waals surface area contributed by atoms with Crippen LogP contribution in [-0.4, -0.2) is 32.3 Å². The van der Waals surface area contributed by atoms with Gasteiger partial charge in [0.2, 0.25) is 6.10 Å². The maximum Gasteiger partial charge on any atom is 0.268 e. The Kier molecular flexibility index (Phi) is 6.36. The minimum absolute atomic E-state index is 0.116. The Morgan fingerprint density at radius 1 is 1.28 bits per heavy atom. The summed E-state index contributed by atoms with van der Waals surface area (Å²) in [7, 11) is 3.92. The van der Waals surface area contributed by atoms with Crippen molar-refractivity contribution in [2.75, 3.05) is 24.3 Å². The van der Waals surface area contributed by atoms with Crippen molar-refractivity contribution >= 4 is 35.1 Å². The first kappa shape index (κ1) is 18.7. The van der Waals surface area contributed by atoms with Crippen molar-refractivity contribution < 1.29 is 14.0 Å². The van der Waals surface area contributed by atoms with Crippen LogP contribution in [0.1, 0.15) is 12.5 Å². The molecular weight excluding hydrogens is 345 g/mol. The van der Waals surface area contributed by atoms with Gasteiger partial charge in [0.15, 0.2) is 0 Å². The molecule has 0 saturated carbocycles. The van der Waals surface area contributed by atoms with Gasteiger partial charge in [-0.2, -0.15) is 0 Å². The van der Waals surface area contributed by atoms with Gasteiger partial charge in [-0.15, -0.1) is 0 Å². The van der Waals surface area contributed by atoms with Crippen molar-refractivity contribution in [2.45, 2.75) is 13.0 Å². The van der Waals surface area contributed by atoms with Crippen LogP contribution in [0, 0.1) is 5.82 Å². The lowest BCUT2D eigenvalue weighted by Crippen LogP contribution is -2.26. The average Bonchev–Trinajstić information content (AvgIpc) is 2.57. The van der Waals surface area contributed by atoms with Gasteiger partial charge < -0.3 is 15.1 Å². The molecule has 2 aromatic carbocycles. The van der Waals surface area contributed by atoms with Crippen molar-refractivity contribution in [2.24, 2.45) is 5.16 Å². The van der Waals surface area contributed by atoms with Crippen LogP contribution in [0.15, 0.2) is 47.6 Å². The lowest BCUT2D eigenvalue weighted by atomic mass is 10.2. The Balaban J connectivity index is 1.90. The van der Waals surface area contributed by atoms with E-state index in [0.717, 1.165) is 17.3 Å². The van der Waals surface area contributed by atoms with Gasteiger partial charge in [-0.3, -0.25) is 4.79 Å². The predicted molar refractivity (Wildman–Crippen MR) is 98.9 cm³/mol. The summed E-state index contributed by atoms with van der Waals surface area (Å²) in [5, 5.41) is 6.50. The summed E-state index contributed by atoms with van der Waals surface area (Å²) in [6, 6.07) is 11.4. The Labute approximate surface area is 151 Å². The van der Waals surface area contributed by atoms with Crippen molar-refractivity contribution in [3.63, 3.8) is 0 Å². The fourth-order valence-corrected chi connectivity index (χ4v) is 2.13. The molecule has 25 heavy (non-hydrogen) atoms. The summed E-state index contributed by atoms with van der Waals surface area (Å²) in [4.78, 5) is 19.2. The number of halogens is 2. The number of carbonyl (C=O) groups is 1. The van der Waals surface area contributed by atoms with Crippen molar-refractivity contribution in [3.8, 4) is 0 Å². The average molecular weight is 364 g/mol. The van der Waals surface area contributed by atoms with Gasteiger partial charge in [-0.25, -0.2) is 4.39 Å². The number of oxime groups is 1. The second kappa shape index (κ2) is 8.48. The number of benzene rings is 2. The highest BCUT2D eigenvalue weighted by Crippen LogP contribution is 2.22. The molecule has 0 heterocycles. The SMILES string of the molecule is C[C@H](O/N=C\c1ccc(N(C)C)cc1)C(=O)Nc1ccc(F)cc1Cl. The Bertz CT molecular complexity index is 763. The van der Waals surface area contributed by atoms with Gasteiger partial charge in [-0.05, 0) is 42.8 Å². The van der Waals surface area contributed by atoms with Gasteiger partial charge in [0.25, 0.3) is 5.91 Å². The highest BCUT2D eigenvalue weighted by molar-refractivity contribution is 6.33. The molecule has 0 bridgehead atoms. The summed E-state index contributed by atoms with van der Waals surface area (Å²) >= 11 is 5.87. The molecule has 1 amide bonds. The molecule has 0 aliphatic carbocycles. The van der Waals surface area contributed by atoms with E-state index in [0.29, 0.717) is 5.69 Å². The summed E-state index contributed by atoms with van der Waals surface area (Å²) in [6.07, 6.45) is 0.687. The van der Waals surface area contributed by atoms with Crippen LogP contribution in [0.3, 0.4) is 0 Å². The van der Waals surface area contributed by atoms with E-state index < -0.39 is 17.8 Å². The van der Waals surface area contributed by atoms with Gasteiger partial charge in [-0.1, -0.05) is 28.9 Å². The quantitative estimate of drug-likeness (QED) is 0.625. The van der Waals surface area contributed by atoms with E-state index in [1.807, 2.05) is 43.3 Å². The summed E-state index contributed by atoms with van der Waals surface area (Å²) < 4.78 is 13.0. The molecule has 0 aromatic heterocycles. The molecule has 0 aliphatic heterocycles. The van der Waals surface area contributed by atoms with Crippen LogP contribution in [0.5, 0.6) is 0 Å². The summed E-state index contributed by atoms with van der Waals surface area (Å²) in [5.41, 5.74) is 2.23. The third kappa shape index (κ3) is 5.46. The lowest BCUT2D eigenvalue weighted by molar-refractivity contribution is -0.126. The normalized spacial score (nSPS) is 12.0. The zero-order chi connectivity index (χ0) is 18.4. The number of hydrogen-bond acceptors (Lipinski definition) is 4. The van der Waals surface area contributed by atoms with Crippen molar-refractivity contribution in [3.05, 3.63) is 58.9 Å². The molecule has 0 spiro atoms. The summed E-state index contributed by atoms with van der Waals surface area (Å²) in [5.74, 6) is -0.911.